The van der Waals surface area contributed by atoms with Crippen LogP contribution in [0.1, 0.15) is 32.2 Å². The minimum atomic E-state index is -0.0550. The number of rotatable bonds is 3. The molecule has 1 amide bonds. The van der Waals surface area contributed by atoms with Crippen molar-refractivity contribution in [1.82, 2.24) is 5.32 Å². The summed E-state index contributed by atoms with van der Waals surface area (Å²) in [7, 11) is 0. The molecule has 0 saturated heterocycles. The van der Waals surface area contributed by atoms with Crippen LogP contribution in [0.15, 0.2) is 12.1 Å². The Balaban J connectivity index is 2.05. The molecule has 0 aromatic carbocycles. The van der Waals surface area contributed by atoms with E-state index in [1.807, 2.05) is 0 Å². The molecule has 0 unspecified atom stereocenters. The van der Waals surface area contributed by atoms with Crippen molar-refractivity contribution in [2.45, 2.75) is 18.9 Å². The van der Waals surface area contributed by atoms with Crippen LogP contribution >= 0.6 is 11.3 Å². The Morgan fingerprint density at radius 3 is 2.85 bits per heavy atom. The second kappa shape index (κ2) is 3.30. The summed E-state index contributed by atoms with van der Waals surface area (Å²) in [5.74, 6) is -0.0550. The lowest BCUT2D eigenvalue weighted by atomic mass is 10.4. The van der Waals surface area contributed by atoms with Crippen LogP contribution in [0.3, 0.4) is 0 Å². The van der Waals surface area contributed by atoms with Crippen LogP contribution in [0, 0.1) is 0 Å². The standard InChI is InChI=1S/C9H9NO2S/c11-5-7-3-4-8(13-7)9(12)10-6-1-2-6/h3-6H,1-2H2,(H,10,12). The van der Waals surface area contributed by atoms with Crippen molar-refractivity contribution in [3.8, 4) is 0 Å². The van der Waals surface area contributed by atoms with E-state index >= 15 is 0 Å². The zero-order valence-corrected chi connectivity index (χ0v) is 7.76. The van der Waals surface area contributed by atoms with Crippen LogP contribution in [0.25, 0.3) is 0 Å². The van der Waals surface area contributed by atoms with Crippen LogP contribution in [0.5, 0.6) is 0 Å². The SMILES string of the molecule is O=Cc1ccc(C(=O)NC2CC2)s1. The van der Waals surface area contributed by atoms with E-state index in [0.29, 0.717) is 15.8 Å². The Morgan fingerprint density at radius 2 is 2.31 bits per heavy atom. The molecule has 1 N–H and O–H groups in total. The van der Waals surface area contributed by atoms with Gasteiger partial charge < -0.3 is 5.32 Å². The monoisotopic (exact) mass is 195 g/mol. The van der Waals surface area contributed by atoms with E-state index in [0.717, 1.165) is 19.1 Å². The van der Waals surface area contributed by atoms with Gasteiger partial charge in [-0.3, -0.25) is 9.59 Å². The van der Waals surface area contributed by atoms with E-state index < -0.39 is 0 Å². The van der Waals surface area contributed by atoms with Gasteiger partial charge in [-0.1, -0.05) is 0 Å². The second-order valence-electron chi connectivity index (χ2n) is 3.07. The van der Waals surface area contributed by atoms with Gasteiger partial charge in [-0.15, -0.1) is 11.3 Å². The van der Waals surface area contributed by atoms with Crippen molar-refractivity contribution < 1.29 is 9.59 Å². The largest absolute Gasteiger partial charge is 0.349 e. The number of hydrogen-bond acceptors (Lipinski definition) is 3. The Morgan fingerprint density at radius 1 is 1.54 bits per heavy atom. The maximum absolute atomic E-state index is 11.4. The van der Waals surface area contributed by atoms with E-state index in [9.17, 15) is 9.59 Å². The molecular formula is C9H9NO2S. The summed E-state index contributed by atoms with van der Waals surface area (Å²) in [6.07, 6.45) is 2.92. The first-order chi connectivity index (χ1) is 6.29. The molecule has 1 saturated carbocycles. The number of thiophene rings is 1. The van der Waals surface area contributed by atoms with Gasteiger partial charge in [-0.05, 0) is 25.0 Å². The molecule has 0 atom stereocenters. The average Bonchev–Trinajstić information content (AvgIpc) is 2.82. The van der Waals surface area contributed by atoms with Crippen LogP contribution in [0.2, 0.25) is 0 Å². The molecule has 1 aliphatic carbocycles. The predicted octanol–water partition coefficient (Wildman–Crippen LogP) is 1.45. The van der Waals surface area contributed by atoms with E-state index in [2.05, 4.69) is 5.32 Å². The first-order valence-electron chi connectivity index (χ1n) is 4.15. The quantitative estimate of drug-likeness (QED) is 0.742. The maximum Gasteiger partial charge on any atom is 0.261 e. The molecule has 0 radical (unpaired) electrons. The zero-order valence-electron chi connectivity index (χ0n) is 6.95. The van der Waals surface area contributed by atoms with Gasteiger partial charge in [0, 0.05) is 6.04 Å². The summed E-state index contributed by atoms with van der Waals surface area (Å²) < 4.78 is 0. The topological polar surface area (TPSA) is 46.2 Å². The van der Waals surface area contributed by atoms with Gasteiger partial charge in [0.25, 0.3) is 5.91 Å². The lowest BCUT2D eigenvalue weighted by molar-refractivity contribution is 0.0955. The minimum absolute atomic E-state index is 0.0550. The van der Waals surface area contributed by atoms with Crippen LogP contribution in [-0.2, 0) is 0 Å². The number of carbonyl (C=O) groups is 2. The van der Waals surface area contributed by atoms with Crippen molar-refractivity contribution in [1.29, 1.82) is 0 Å². The van der Waals surface area contributed by atoms with Crippen LogP contribution < -0.4 is 5.32 Å². The van der Waals surface area contributed by atoms with E-state index in [-0.39, 0.29) is 5.91 Å². The lowest BCUT2D eigenvalue weighted by Gasteiger charge is -1.98. The van der Waals surface area contributed by atoms with Gasteiger partial charge >= 0.3 is 0 Å². The van der Waals surface area contributed by atoms with Crippen molar-refractivity contribution in [3.63, 3.8) is 0 Å². The first kappa shape index (κ1) is 8.44. The molecule has 4 heteroatoms. The van der Waals surface area contributed by atoms with Gasteiger partial charge in [0.2, 0.25) is 0 Å². The number of carbonyl (C=O) groups excluding carboxylic acids is 2. The molecule has 0 bridgehead atoms. The van der Waals surface area contributed by atoms with Gasteiger partial charge in [0.15, 0.2) is 6.29 Å². The maximum atomic E-state index is 11.4. The van der Waals surface area contributed by atoms with Crippen LogP contribution in [0.4, 0.5) is 0 Å². The number of aldehydes is 1. The molecule has 1 aromatic heterocycles. The highest BCUT2D eigenvalue weighted by atomic mass is 32.1. The molecule has 13 heavy (non-hydrogen) atoms. The zero-order chi connectivity index (χ0) is 9.26. The summed E-state index contributed by atoms with van der Waals surface area (Å²) >= 11 is 1.23. The molecule has 1 aromatic rings. The molecular weight excluding hydrogens is 186 g/mol. The third-order valence-electron chi connectivity index (χ3n) is 1.88. The molecule has 1 aliphatic rings. The summed E-state index contributed by atoms with van der Waals surface area (Å²) in [5.41, 5.74) is 0. The van der Waals surface area contributed by atoms with Gasteiger partial charge in [0.05, 0.1) is 9.75 Å². The molecule has 68 valence electrons. The highest BCUT2D eigenvalue weighted by molar-refractivity contribution is 7.15. The van der Waals surface area contributed by atoms with Gasteiger partial charge in [0.1, 0.15) is 0 Å². The third kappa shape index (κ3) is 1.95. The van der Waals surface area contributed by atoms with Crippen molar-refractivity contribution in [2.75, 3.05) is 0 Å². The highest BCUT2D eigenvalue weighted by Crippen LogP contribution is 2.21. The summed E-state index contributed by atoms with van der Waals surface area (Å²) in [4.78, 5) is 23.0. The Bertz CT molecular complexity index is 341. The third-order valence-corrected chi connectivity index (χ3v) is 2.89. The van der Waals surface area contributed by atoms with E-state index in [4.69, 9.17) is 0 Å². The first-order valence-corrected chi connectivity index (χ1v) is 4.97. The Labute approximate surface area is 79.8 Å². The minimum Gasteiger partial charge on any atom is -0.349 e. The number of hydrogen-bond donors (Lipinski definition) is 1. The van der Waals surface area contributed by atoms with Crippen molar-refractivity contribution >= 4 is 23.5 Å². The van der Waals surface area contributed by atoms with Gasteiger partial charge in [-0.2, -0.15) is 0 Å². The molecule has 1 heterocycles. The smallest absolute Gasteiger partial charge is 0.261 e. The average molecular weight is 195 g/mol. The highest BCUT2D eigenvalue weighted by Gasteiger charge is 2.24. The summed E-state index contributed by atoms with van der Waals surface area (Å²) in [6.45, 7) is 0. The predicted molar refractivity (Wildman–Crippen MR) is 50.2 cm³/mol. The van der Waals surface area contributed by atoms with Crippen LogP contribution in [-0.4, -0.2) is 18.2 Å². The van der Waals surface area contributed by atoms with Crippen molar-refractivity contribution in [2.24, 2.45) is 0 Å². The van der Waals surface area contributed by atoms with E-state index in [1.54, 1.807) is 12.1 Å². The molecule has 0 aliphatic heterocycles. The normalized spacial score (nSPS) is 15.4. The molecule has 1 fully saturated rings. The summed E-state index contributed by atoms with van der Waals surface area (Å²) in [5, 5.41) is 2.86. The fourth-order valence-electron chi connectivity index (χ4n) is 1.02. The molecule has 0 spiro atoms. The fraction of sp³-hybridized carbons (Fsp3) is 0.333. The van der Waals surface area contributed by atoms with E-state index in [1.165, 1.54) is 11.3 Å². The lowest BCUT2D eigenvalue weighted by Crippen LogP contribution is -2.24. The molecule has 2 rings (SSSR count). The summed E-state index contributed by atoms with van der Waals surface area (Å²) in [6, 6.07) is 3.72. The number of amides is 1. The van der Waals surface area contributed by atoms with Crippen molar-refractivity contribution in [3.05, 3.63) is 21.9 Å². The Kier molecular flexibility index (Phi) is 2.14. The Hall–Kier alpha value is -1.16. The molecule has 3 nitrogen and oxygen atoms in total. The van der Waals surface area contributed by atoms with Gasteiger partial charge in [-0.25, -0.2) is 0 Å². The number of nitrogens with one attached hydrogen (secondary N) is 1. The fourth-order valence-corrected chi connectivity index (χ4v) is 1.75. The second-order valence-corrected chi connectivity index (χ2v) is 4.18.